The topological polar surface area (TPSA) is 52.3 Å². The van der Waals surface area contributed by atoms with E-state index >= 15 is 0 Å². The van der Waals surface area contributed by atoms with Gasteiger partial charge in [-0.2, -0.15) is 0 Å². The number of esters is 1. The molecule has 0 unspecified atom stereocenters. The summed E-state index contributed by atoms with van der Waals surface area (Å²) < 4.78 is 5.32. The standard InChI is InChI=1S/C9H10BrNO2/c1-5-3-4-6(9(12)13-2)8(11)7(5)10/h3-4H,11H2,1-2H3. The molecule has 0 radical (unpaired) electrons. The first kappa shape index (κ1) is 10.1. The molecule has 70 valence electrons. The van der Waals surface area contributed by atoms with Crippen molar-refractivity contribution in [1.82, 2.24) is 0 Å². The molecule has 3 nitrogen and oxygen atoms in total. The summed E-state index contributed by atoms with van der Waals surface area (Å²) >= 11 is 3.29. The number of carbonyl (C=O) groups excluding carboxylic acids is 1. The Morgan fingerprint density at radius 2 is 2.15 bits per heavy atom. The third-order valence-electron chi connectivity index (χ3n) is 1.78. The van der Waals surface area contributed by atoms with Crippen molar-refractivity contribution in [2.24, 2.45) is 0 Å². The molecule has 2 N–H and O–H groups in total. The number of nitrogen functional groups attached to an aromatic ring is 1. The molecular formula is C9H10BrNO2. The molecule has 0 aliphatic heterocycles. The molecule has 0 saturated carbocycles. The number of nitrogens with two attached hydrogens (primary N) is 1. The fourth-order valence-corrected chi connectivity index (χ4v) is 1.34. The highest BCUT2D eigenvalue weighted by Crippen LogP contribution is 2.27. The van der Waals surface area contributed by atoms with Crippen LogP contribution in [0.1, 0.15) is 15.9 Å². The lowest BCUT2D eigenvalue weighted by Gasteiger charge is -2.07. The molecule has 0 spiro atoms. The van der Waals surface area contributed by atoms with Crippen LogP contribution >= 0.6 is 15.9 Å². The Morgan fingerprint density at radius 1 is 1.54 bits per heavy atom. The lowest BCUT2D eigenvalue weighted by atomic mass is 10.1. The van der Waals surface area contributed by atoms with Crippen LogP contribution < -0.4 is 5.73 Å². The largest absolute Gasteiger partial charge is 0.465 e. The van der Waals surface area contributed by atoms with Crippen molar-refractivity contribution in [2.45, 2.75) is 6.92 Å². The predicted octanol–water partition coefficient (Wildman–Crippen LogP) is 2.13. The van der Waals surface area contributed by atoms with Crippen molar-refractivity contribution >= 4 is 27.6 Å². The van der Waals surface area contributed by atoms with Gasteiger partial charge in [0.05, 0.1) is 18.4 Å². The number of methoxy groups -OCH3 is 1. The molecule has 13 heavy (non-hydrogen) atoms. The summed E-state index contributed by atoms with van der Waals surface area (Å²) in [7, 11) is 1.33. The van der Waals surface area contributed by atoms with Crippen molar-refractivity contribution in [3.8, 4) is 0 Å². The fourth-order valence-electron chi connectivity index (χ4n) is 0.990. The Hall–Kier alpha value is -1.03. The zero-order valence-electron chi connectivity index (χ0n) is 7.43. The number of benzene rings is 1. The van der Waals surface area contributed by atoms with Crippen LogP contribution in [0.2, 0.25) is 0 Å². The van der Waals surface area contributed by atoms with Gasteiger partial charge in [-0.15, -0.1) is 0 Å². The van der Waals surface area contributed by atoms with Crippen LogP contribution in [0.15, 0.2) is 16.6 Å². The van der Waals surface area contributed by atoms with Gasteiger partial charge in [-0.1, -0.05) is 6.07 Å². The van der Waals surface area contributed by atoms with Crippen molar-refractivity contribution in [1.29, 1.82) is 0 Å². The third-order valence-corrected chi connectivity index (χ3v) is 2.83. The zero-order valence-corrected chi connectivity index (χ0v) is 9.01. The molecule has 0 heterocycles. The van der Waals surface area contributed by atoms with E-state index in [9.17, 15) is 4.79 Å². The molecule has 0 bridgehead atoms. The Labute approximate surface area is 85.0 Å². The minimum atomic E-state index is -0.418. The summed E-state index contributed by atoms with van der Waals surface area (Å²) in [6, 6.07) is 3.47. The van der Waals surface area contributed by atoms with E-state index in [1.165, 1.54) is 7.11 Å². The highest BCUT2D eigenvalue weighted by Gasteiger charge is 2.12. The summed E-state index contributed by atoms with van der Waals surface area (Å²) in [6.07, 6.45) is 0. The number of ether oxygens (including phenoxy) is 1. The van der Waals surface area contributed by atoms with Crippen LogP contribution in [-0.4, -0.2) is 13.1 Å². The summed E-state index contributed by atoms with van der Waals surface area (Å²) in [5.74, 6) is -0.418. The number of carbonyl (C=O) groups is 1. The SMILES string of the molecule is COC(=O)c1ccc(C)c(Br)c1N. The molecule has 1 aromatic carbocycles. The average Bonchev–Trinajstić information content (AvgIpc) is 2.13. The number of anilines is 1. The quantitative estimate of drug-likeness (QED) is 0.608. The molecule has 0 amide bonds. The Balaban J connectivity index is 3.26. The Kier molecular flexibility index (Phi) is 2.93. The second-order valence-electron chi connectivity index (χ2n) is 2.65. The van der Waals surface area contributed by atoms with Crippen molar-refractivity contribution in [3.63, 3.8) is 0 Å². The monoisotopic (exact) mass is 243 g/mol. The molecule has 0 aliphatic carbocycles. The van der Waals surface area contributed by atoms with Gasteiger partial charge in [0.2, 0.25) is 0 Å². The lowest BCUT2D eigenvalue weighted by molar-refractivity contribution is 0.0602. The van der Waals surface area contributed by atoms with Crippen LogP contribution in [0, 0.1) is 6.92 Å². The van der Waals surface area contributed by atoms with Gasteiger partial charge in [0.25, 0.3) is 0 Å². The van der Waals surface area contributed by atoms with Gasteiger partial charge in [-0.3, -0.25) is 0 Å². The molecule has 0 atom stereocenters. The van der Waals surface area contributed by atoms with Crippen LogP contribution in [0.25, 0.3) is 0 Å². The Bertz CT molecular complexity index is 350. The van der Waals surface area contributed by atoms with E-state index in [0.717, 1.165) is 10.0 Å². The third kappa shape index (κ3) is 1.83. The summed E-state index contributed by atoms with van der Waals surface area (Å²) in [6.45, 7) is 1.90. The first-order valence-electron chi connectivity index (χ1n) is 3.70. The normalized spacial score (nSPS) is 9.77. The maximum Gasteiger partial charge on any atom is 0.339 e. The van der Waals surface area contributed by atoms with Gasteiger partial charge < -0.3 is 10.5 Å². The minimum absolute atomic E-state index is 0.389. The highest BCUT2D eigenvalue weighted by atomic mass is 79.9. The Morgan fingerprint density at radius 3 is 2.69 bits per heavy atom. The summed E-state index contributed by atoms with van der Waals surface area (Å²) in [5.41, 5.74) is 7.51. The predicted molar refractivity (Wildman–Crippen MR) is 54.6 cm³/mol. The number of aryl methyl sites for hydroxylation is 1. The van der Waals surface area contributed by atoms with Gasteiger partial charge in [-0.25, -0.2) is 4.79 Å². The molecular weight excluding hydrogens is 234 g/mol. The average molecular weight is 244 g/mol. The van der Waals surface area contributed by atoms with E-state index in [4.69, 9.17) is 5.73 Å². The second-order valence-corrected chi connectivity index (χ2v) is 3.44. The molecule has 1 aromatic rings. The van der Waals surface area contributed by atoms with E-state index in [1.54, 1.807) is 6.07 Å². The van der Waals surface area contributed by atoms with E-state index in [0.29, 0.717) is 11.3 Å². The fraction of sp³-hybridized carbons (Fsp3) is 0.222. The van der Waals surface area contributed by atoms with Gasteiger partial charge in [0.1, 0.15) is 0 Å². The molecule has 1 rings (SSSR count). The van der Waals surface area contributed by atoms with Crippen molar-refractivity contribution < 1.29 is 9.53 Å². The van der Waals surface area contributed by atoms with E-state index in [1.807, 2.05) is 13.0 Å². The molecule has 0 fully saturated rings. The van der Waals surface area contributed by atoms with Crippen LogP contribution in [-0.2, 0) is 4.74 Å². The number of hydrogen-bond acceptors (Lipinski definition) is 3. The van der Waals surface area contributed by atoms with Crippen LogP contribution in [0.4, 0.5) is 5.69 Å². The second kappa shape index (κ2) is 3.79. The van der Waals surface area contributed by atoms with Crippen LogP contribution in [0.3, 0.4) is 0 Å². The van der Waals surface area contributed by atoms with Crippen molar-refractivity contribution in [2.75, 3.05) is 12.8 Å². The molecule has 4 heteroatoms. The van der Waals surface area contributed by atoms with Gasteiger partial charge >= 0.3 is 5.97 Å². The number of halogens is 1. The first-order valence-corrected chi connectivity index (χ1v) is 4.50. The number of hydrogen-bond donors (Lipinski definition) is 1. The molecule has 0 aliphatic rings. The minimum Gasteiger partial charge on any atom is -0.465 e. The highest BCUT2D eigenvalue weighted by molar-refractivity contribution is 9.10. The van der Waals surface area contributed by atoms with E-state index in [2.05, 4.69) is 20.7 Å². The maximum atomic E-state index is 11.2. The van der Waals surface area contributed by atoms with Gasteiger partial charge in [0, 0.05) is 4.47 Å². The van der Waals surface area contributed by atoms with Crippen LogP contribution in [0.5, 0.6) is 0 Å². The van der Waals surface area contributed by atoms with Gasteiger partial charge in [-0.05, 0) is 34.5 Å². The molecule has 0 aromatic heterocycles. The van der Waals surface area contributed by atoms with E-state index in [-0.39, 0.29) is 0 Å². The smallest absolute Gasteiger partial charge is 0.339 e. The first-order chi connectivity index (χ1) is 6.07. The number of rotatable bonds is 1. The maximum absolute atomic E-state index is 11.2. The summed E-state index contributed by atoms with van der Waals surface area (Å²) in [5, 5.41) is 0. The van der Waals surface area contributed by atoms with Gasteiger partial charge in [0.15, 0.2) is 0 Å². The lowest BCUT2D eigenvalue weighted by Crippen LogP contribution is -2.06. The zero-order chi connectivity index (χ0) is 10.0. The van der Waals surface area contributed by atoms with E-state index < -0.39 is 5.97 Å². The summed E-state index contributed by atoms with van der Waals surface area (Å²) in [4.78, 5) is 11.2. The molecule has 0 saturated heterocycles. The van der Waals surface area contributed by atoms with Crippen molar-refractivity contribution in [3.05, 3.63) is 27.7 Å².